The summed E-state index contributed by atoms with van der Waals surface area (Å²) in [7, 11) is 0. The first-order chi connectivity index (χ1) is 19.8. The van der Waals surface area contributed by atoms with Crippen LogP contribution in [0.15, 0.2) is 24.3 Å². The smallest absolute Gasteiger partial charge is 0.384 e. The maximum atomic E-state index is 13.1. The Hall–Kier alpha value is -3.64. The summed E-state index contributed by atoms with van der Waals surface area (Å²) >= 11 is 0. The highest BCUT2D eigenvalue weighted by Crippen LogP contribution is 2.61. The zero-order valence-electron chi connectivity index (χ0n) is 23.3. The SMILES string of the molecule is N=C(N)c1ccc(CC(=O)NCCC[C@@H](CC(=O)OOC(=O)C(F)(F)F)NC(=O)CC23CC4CC(CC(C4)C2)C3)cc1. The van der Waals surface area contributed by atoms with Crippen LogP contribution in [0.5, 0.6) is 0 Å². The first-order valence-electron chi connectivity index (χ1n) is 14.3. The summed E-state index contributed by atoms with van der Waals surface area (Å²) in [6.07, 6.45) is 1.88. The summed E-state index contributed by atoms with van der Waals surface area (Å²) in [5.41, 5.74) is 6.65. The van der Waals surface area contributed by atoms with E-state index in [2.05, 4.69) is 20.4 Å². The molecule has 1 aromatic carbocycles. The van der Waals surface area contributed by atoms with Crippen molar-refractivity contribution >= 4 is 29.6 Å². The van der Waals surface area contributed by atoms with Crippen LogP contribution in [0, 0.1) is 28.6 Å². The van der Waals surface area contributed by atoms with E-state index in [4.69, 9.17) is 11.1 Å². The number of nitrogens with one attached hydrogen (secondary N) is 3. The van der Waals surface area contributed by atoms with Gasteiger partial charge in [-0.15, -0.1) is 0 Å². The van der Waals surface area contributed by atoms with Gasteiger partial charge < -0.3 is 16.4 Å². The maximum absolute atomic E-state index is 13.1. The fourth-order valence-electron chi connectivity index (χ4n) is 7.34. The topological polar surface area (TPSA) is 161 Å². The third-order valence-electron chi connectivity index (χ3n) is 8.60. The summed E-state index contributed by atoms with van der Waals surface area (Å²) in [6.45, 7) is 0.226. The van der Waals surface area contributed by atoms with Crippen LogP contribution in [0.1, 0.15) is 75.3 Å². The monoisotopic (exact) mass is 594 g/mol. The van der Waals surface area contributed by atoms with Crippen LogP contribution >= 0.6 is 0 Å². The molecule has 42 heavy (non-hydrogen) atoms. The van der Waals surface area contributed by atoms with Gasteiger partial charge in [0.25, 0.3) is 0 Å². The molecule has 4 aliphatic carbocycles. The van der Waals surface area contributed by atoms with Gasteiger partial charge in [-0.3, -0.25) is 15.0 Å². The summed E-state index contributed by atoms with van der Waals surface area (Å²) in [5.74, 6) is -2.52. The molecule has 4 bridgehead atoms. The van der Waals surface area contributed by atoms with Crippen LogP contribution in [-0.4, -0.2) is 48.4 Å². The van der Waals surface area contributed by atoms with Crippen molar-refractivity contribution in [2.45, 2.75) is 82.8 Å². The molecule has 0 heterocycles. The number of nitrogens with two attached hydrogens (primary N) is 1. The van der Waals surface area contributed by atoms with Gasteiger partial charge >= 0.3 is 18.1 Å². The summed E-state index contributed by atoms with van der Waals surface area (Å²) < 4.78 is 37.1. The van der Waals surface area contributed by atoms with Crippen molar-refractivity contribution in [1.82, 2.24) is 10.6 Å². The van der Waals surface area contributed by atoms with Crippen LogP contribution in [0.25, 0.3) is 0 Å². The van der Waals surface area contributed by atoms with E-state index in [1.54, 1.807) is 24.3 Å². The molecule has 0 radical (unpaired) electrons. The minimum atomic E-state index is -5.32. The lowest BCUT2D eigenvalue weighted by Gasteiger charge is -2.56. The number of hydrogen-bond donors (Lipinski definition) is 4. The summed E-state index contributed by atoms with van der Waals surface area (Å²) in [4.78, 5) is 56.2. The highest BCUT2D eigenvalue weighted by Gasteiger charge is 2.51. The van der Waals surface area contributed by atoms with E-state index in [0.29, 0.717) is 36.2 Å². The first-order valence-corrected chi connectivity index (χ1v) is 14.3. The molecule has 0 aromatic heterocycles. The lowest BCUT2D eigenvalue weighted by Crippen LogP contribution is -2.49. The molecule has 4 saturated carbocycles. The first kappa shape index (κ1) is 31.3. The molecule has 4 aliphatic rings. The van der Waals surface area contributed by atoms with Crippen LogP contribution in [0.4, 0.5) is 13.2 Å². The minimum absolute atomic E-state index is 0.0529. The fourth-order valence-corrected chi connectivity index (χ4v) is 7.34. The van der Waals surface area contributed by atoms with Crippen molar-refractivity contribution in [3.63, 3.8) is 0 Å². The molecule has 2 amide bonds. The molecule has 0 unspecified atom stereocenters. The number of benzene rings is 1. The van der Waals surface area contributed by atoms with E-state index in [-0.39, 0.29) is 42.5 Å². The molecular formula is C29H37F3N4O6. The Labute approximate surface area is 241 Å². The highest BCUT2D eigenvalue weighted by molar-refractivity contribution is 5.95. The molecule has 1 atom stereocenters. The van der Waals surface area contributed by atoms with Crippen molar-refractivity contribution in [3.8, 4) is 0 Å². The second kappa shape index (κ2) is 13.1. The second-order valence-corrected chi connectivity index (χ2v) is 12.2. The molecular weight excluding hydrogens is 557 g/mol. The number of hydrogen-bond acceptors (Lipinski definition) is 7. The maximum Gasteiger partial charge on any atom is 0.495 e. The molecule has 13 heteroatoms. The summed E-state index contributed by atoms with van der Waals surface area (Å²) in [6, 6.07) is 5.89. The van der Waals surface area contributed by atoms with E-state index in [1.165, 1.54) is 19.3 Å². The van der Waals surface area contributed by atoms with E-state index in [9.17, 15) is 32.3 Å². The second-order valence-electron chi connectivity index (χ2n) is 12.2. The predicted molar refractivity (Wildman–Crippen MR) is 143 cm³/mol. The van der Waals surface area contributed by atoms with Gasteiger partial charge in [-0.1, -0.05) is 24.3 Å². The van der Waals surface area contributed by atoms with Gasteiger partial charge in [0.2, 0.25) is 11.8 Å². The van der Waals surface area contributed by atoms with E-state index < -0.39 is 30.6 Å². The van der Waals surface area contributed by atoms with Gasteiger partial charge in [0.15, 0.2) is 0 Å². The quantitative estimate of drug-likeness (QED) is 0.0948. The predicted octanol–water partition coefficient (Wildman–Crippen LogP) is 3.45. The van der Waals surface area contributed by atoms with Gasteiger partial charge in [-0.25, -0.2) is 19.4 Å². The highest BCUT2D eigenvalue weighted by atomic mass is 19.4. The third-order valence-corrected chi connectivity index (χ3v) is 8.60. The zero-order chi connectivity index (χ0) is 30.5. The largest absolute Gasteiger partial charge is 0.495 e. The zero-order valence-corrected chi connectivity index (χ0v) is 23.3. The Balaban J connectivity index is 1.27. The number of amidine groups is 1. The average molecular weight is 595 g/mol. The van der Waals surface area contributed by atoms with E-state index in [1.807, 2.05) is 0 Å². The Kier molecular flexibility index (Phi) is 9.78. The minimum Gasteiger partial charge on any atom is -0.384 e. The molecule has 10 nitrogen and oxygen atoms in total. The van der Waals surface area contributed by atoms with Crippen molar-refractivity contribution in [3.05, 3.63) is 35.4 Å². The molecule has 230 valence electrons. The van der Waals surface area contributed by atoms with Crippen molar-refractivity contribution in [2.24, 2.45) is 28.9 Å². The van der Waals surface area contributed by atoms with Gasteiger partial charge in [-0.05, 0) is 80.1 Å². The normalized spacial score (nSPS) is 24.9. The molecule has 0 saturated heterocycles. The number of carbonyl (C=O) groups excluding carboxylic acids is 4. The number of alkyl halides is 3. The van der Waals surface area contributed by atoms with Gasteiger partial charge in [0, 0.05) is 24.6 Å². The van der Waals surface area contributed by atoms with Crippen LogP contribution in [-0.2, 0) is 35.4 Å². The Morgan fingerprint density at radius 1 is 0.976 bits per heavy atom. The lowest BCUT2D eigenvalue weighted by molar-refractivity contribution is -0.286. The van der Waals surface area contributed by atoms with Gasteiger partial charge in [0.05, 0.1) is 12.8 Å². The van der Waals surface area contributed by atoms with Crippen LogP contribution in [0.2, 0.25) is 0 Å². The van der Waals surface area contributed by atoms with Crippen LogP contribution in [0.3, 0.4) is 0 Å². The van der Waals surface area contributed by atoms with E-state index in [0.717, 1.165) is 24.8 Å². The van der Waals surface area contributed by atoms with Crippen molar-refractivity contribution in [1.29, 1.82) is 5.41 Å². The Morgan fingerprint density at radius 2 is 1.57 bits per heavy atom. The summed E-state index contributed by atoms with van der Waals surface area (Å²) in [5, 5.41) is 13.0. The number of nitrogen functional groups attached to an aromatic ring is 1. The molecule has 4 fully saturated rings. The number of rotatable bonds is 12. The van der Waals surface area contributed by atoms with Crippen LogP contribution < -0.4 is 16.4 Å². The molecule has 5 N–H and O–H groups in total. The molecule has 5 rings (SSSR count). The Bertz CT molecular complexity index is 1150. The number of amides is 2. The fraction of sp³-hybridized carbons (Fsp3) is 0.621. The van der Waals surface area contributed by atoms with Crippen molar-refractivity contribution < 1.29 is 42.1 Å². The number of halogens is 3. The van der Waals surface area contributed by atoms with Gasteiger partial charge in [-0.2, -0.15) is 13.2 Å². The lowest BCUT2D eigenvalue weighted by atomic mass is 9.49. The standard InChI is InChI=1S/C29H37F3N4O6/c30-29(31,32)27(40)42-41-25(39)12-22(2-1-7-35-23(37)11-17-3-5-21(6-4-17)26(33)34)36-24(38)16-28-13-18-8-19(14-28)10-20(9-18)15-28/h3-6,18-20,22H,1-2,7-16H2,(H3,33,34)(H,35,37)(H,36,38)/t18?,19?,20?,22-,28?/m0/s1. The number of carbonyl (C=O) groups is 4. The Morgan fingerprint density at radius 3 is 2.12 bits per heavy atom. The van der Waals surface area contributed by atoms with Gasteiger partial charge in [0.1, 0.15) is 5.84 Å². The average Bonchev–Trinajstić information content (AvgIpc) is 2.88. The van der Waals surface area contributed by atoms with E-state index >= 15 is 0 Å². The molecule has 0 aliphatic heterocycles. The molecule has 0 spiro atoms. The van der Waals surface area contributed by atoms with Crippen molar-refractivity contribution in [2.75, 3.05) is 6.54 Å². The molecule has 1 aromatic rings. The third kappa shape index (κ3) is 8.68.